The third-order valence-electron chi connectivity index (χ3n) is 5.59. The summed E-state index contributed by atoms with van der Waals surface area (Å²) in [5.74, 6) is 1.79. The molecule has 4 rings (SSSR count). The zero-order chi connectivity index (χ0) is 20.6. The Kier molecular flexibility index (Phi) is 7.01. The molecule has 0 radical (unpaired) electrons. The van der Waals surface area contributed by atoms with Crippen LogP contribution in [0.1, 0.15) is 29.2 Å². The Labute approximate surface area is 179 Å². The van der Waals surface area contributed by atoms with E-state index < -0.39 is 0 Å². The van der Waals surface area contributed by atoms with Gasteiger partial charge in [-0.15, -0.1) is 0 Å². The van der Waals surface area contributed by atoms with Gasteiger partial charge in [-0.25, -0.2) is 0 Å². The zero-order valence-electron chi connectivity index (χ0n) is 17.6. The molecule has 0 spiro atoms. The SMILES string of the molecule is COc1cccc(C(c2ccc(OCc3ccccc3)cc2)N2CCCNCC2)c1. The number of hydrogen-bond donors (Lipinski definition) is 1. The second-order valence-corrected chi connectivity index (χ2v) is 7.66. The molecule has 1 aliphatic heterocycles. The molecule has 1 fully saturated rings. The average Bonchev–Trinajstić information content (AvgIpc) is 3.09. The summed E-state index contributed by atoms with van der Waals surface area (Å²) in [5.41, 5.74) is 3.71. The standard InChI is InChI=1S/C26H30N2O2/c1-29-25-10-5-9-23(19-25)26(28-17-6-15-27-16-18-28)22-11-13-24(14-12-22)30-20-21-7-3-2-4-8-21/h2-5,7-14,19,26-27H,6,15-18,20H2,1H3. The number of rotatable bonds is 7. The largest absolute Gasteiger partial charge is 0.497 e. The molecule has 0 saturated carbocycles. The van der Waals surface area contributed by atoms with Crippen molar-refractivity contribution >= 4 is 0 Å². The van der Waals surface area contributed by atoms with Crippen molar-refractivity contribution in [3.63, 3.8) is 0 Å². The van der Waals surface area contributed by atoms with Gasteiger partial charge in [-0.05, 0) is 53.9 Å². The van der Waals surface area contributed by atoms with Crippen molar-refractivity contribution in [2.75, 3.05) is 33.3 Å². The van der Waals surface area contributed by atoms with Crippen LogP contribution in [0, 0.1) is 0 Å². The maximum atomic E-state index is 5.99. The highest BCUT2D eigenvalue weighted by molar-refractivity contribution is 5.39. The first kappa shape index (κ1) is 20.5. The van der Waals surface area contributed by atoms with Gasteiger partial charge in [0, 0.05) is 19.6 Å². The summed E-state index contributed by atoms with van der Waals surface area (Å²) in [6.07, 6.45) is 1.15. The highest BCUT2D eigenvalue weighted by atomic mass is 16.5. The second kappa shape index (κ2) is 10.3. The fourth-order valence-electron chi connectivity index (χ4n) is 4.04. The predicted octanol–water partition coefficient (Wildman–Crippen LogP) is 4.66. The molecule has 0 bridgehead atoms. The quantitative estimate of drug-likeness (QED) is 0.623. The minimum atomic E-state index is 0.197. The molecule has 1 aliphatic rings. The van der Waals surface area contributed by atoms with Crippen LogP contribution in [-0.4, -0.2) is 38.2 Å². The minimum Gasteiger partial charge on any atom is -0.497 e. The van der Waals surface area contributed by atoms with Crippen LogP contribution in [0.25, 0.3) is 0 Å². The van der Waals surface area contributed by atoms with E-state index in [-0.39, 0.29) is 6.04 Å². The summed E-state index contributed by atoms with van der Waals surface area (Å²) in [7, 11) is 1.73. The van der Waals surface area contributed by atoms with E-state index in [1.807, 2.05) is 24.3 Å². The average molecular weight is 403 g/mol. The smallest absolute Gasteiger partial charge is 0.119 e. The topological polar surface area (TPSA) is 33.7 Å². The van der Waals surface area contributed by atoms with Gasteiger partial charge in [0.05, 0.1) is 13.2 Å². The van der Waals surface area contributed by atoms with Crippen molar-refractivity contribution < 1.29 is 9.47 Å². The molecule has 1 unspecified atom stereocenters. The Bertz CT molecular complexity index is 904. The van der Waals surface area contributed by atoms with Crippen LogP contribution in [0.3, 0.4) is 0 Å². The van der Waals surface area contributed by atoms with Crippen LogP contribution in [-0.2, 0) is 6.61 Å². The van der Waals surface area contributed by atoms with Gasteiger partial charge in [-0.1, -0.05) is 54.6 Å². The Morgan fingerprint density at radius 1 is 0.833 bits per heavy atom. The van der Waals surface area contributed by atoms with Crippen LogP contribution in [0.15, 0.2) is 78.9 Å². The summed E-state index contributed by atoms with van der Waals surface area (Å²) >= 11 is 0. The Balaban J connectivity index is 1.56. The molecule has 1 saturated heterocycles. The number of nitrogens with one attached hydrogen (secondary N) is 1. The van der Waals surface area contributed by atoms with E-state index in [2.05, 4.69) is 64.8 Å². The van der Waals surface area contributed by atoms with E-state index in [1.165, 1.54) is 16.7 Å². The van der Waals surface area contributed by atoms with Gasteiger partial charge >= 0.3 is 0 Å². The van der Waals surface area contributed by atoms with Gasteiger partial charge in [-0.3, -0.25) is 4.90 Å². The van der Waals surface area contributed by atoms with Crippen molar-refractivity contribution in [2.24, 2.45) is 0 Å². The molecule has 4 heteroatoms. The van der Waals surface area contributed by atoms with Crippen molar-refractivity contribution in [3.05, 3.63) is 95.6 Å². The van der Waals surface area contributed by atoms with Gasteiger partial charge in [-0.2, -0.15) is 0 Å². The van der Waals surface area contributed by atoms with Crippen LogP contribution in [0.4, 0.5) is 0 Å². The number of methoxy groups -OCH3 is 1. The molecular weight excluding hydrogens is 372 g/mol. The number of benzene rings is 3. The molecule has 30 heavy (non-hydrogen) atoms. The Hall–Kier alpha value is -2.82. The van der Waals surface area contributed by atoms with Gasteiger partial charge in [0.1, 0.15) is 18.1 Å². The van der Waals surface area contributed by atoms with E-state index in [1.54, 1.807) is 7.11 Å². The van der Waals surface area contributed by atoms with E-state index in [4.69, 9.17) is 9.47 Å². The van der Waals surface area contributed by atoms with Crippen molar-refractivity contribution in [3.8, 4) is 11.5 Å². The van der Waals surface area contributed by atoms with E-state index in [9.17, 15) is 0 Å². The van der Waals surface area contributed by atoms with Gasteiger partial charge in [0.2, 0.25) is 0 Å². The Morgan fingerprint density at radius 3 is 2.47 bits per heavy atom. The predicted molar refractivity (Wildman–Crippen MR) is 121 cm³/mol. The first-order valence-electron chi connectivity index (χ1n) is 10.7. The summed E-state index contributed by atoms with van der Waals surface area (Å²) in [6, 6.07) is 27.5. The molecule has 4 nitrogen and oxygen atoms in total. The zero-order valence-corrected chi connectivity index (χ0v) is 17.6. The molecule has 1 atom stereocenters. The molecular formula is C26H30N2O2. The van der Waals surface area contributed by atoms with E-state index >= 15 is 0 Å². The van der Waals surface area contributed by atoms with Gasteiger partial charge in [0.15, 0.2) is 0 Å². The number of ether oxygens (including phenoxy) is 2. The van der Waals surface area contributed by atoms with Gasteiger partial charge < -0.3 is 14.8 Å². The lowest BCUT2D eigenvalue weighted by molar-refractivity contribution is 0.240. The molecule has 3 aromatic carbocycles. The first-order valence-corrected chi connectivity index (χ1v) is 10.7. The van der Waals surface area contributed by atoms with Crippen molar-refractivity contribution in [1.82, 2.24) is 10.2 Å². The molecule has 3 aromatic rings. The van der Waals surface area contributed by atoms with Crippen LogP contribution in [0.2, 0.25) is 0 Å². The molecule has 156 valence electrons. The Morgan fingerprint density at radius 2 is 1.67 bits per heavy atom. The summed E-state index contributed by atoms with van der Waals surface area (Å²) in [6.45, 7) is 4.76. The number of hydrogen-bond acceptors (Lipinski definition) is 4. The summed E-state index contributed by atoms with van der Waals surface area (Å²) in [4.78, 5) is 2.56. The maximum absolute atomic E-state index is 5.99. The van der Waals surface area contributed by atoms with E-state index in [0.717, 1.165) is 44.1 Å². The lowest BCUT2D eigenvalue weighted by Crippen LogP contribution is -2.33. The van der Waals surface area contributed by atoms with Crippen molar-refractivity contribution in [1.29, 1.82) is 0 Å². The maximum Gasteiger partial charge on any atom is 0.119 e. The highest BCUT2D eigenvalue weighted by Gasteiger charge is 2.23. The number of nitrogens with zero attached hydrogens (tertiary/aromatic N) is 1. The van der Waals surface area contributed by atoms with E-state index in [0.29, 0.717) is 6.61 Å². The second-order valence-electron chi connectivity index (χ2n) is 7.66. The van der Waals surface area contributed by atoms with Gasteiger partial charge in [0.25, 0.3) is 0 Å². The molecule has 1 heterocycles. The summed E-state index contributed by atoms with van der Waals surface area (Å²) < 4.78 is 11.5. The first-order chi connectivity index (χ1) is 14.8. The fraction of sp³-hybridized carbons (Fsp3) is 0.308. The normalized spacial score (nSPS) is 15.9. The monoisotopic (exact) mass is 402 g/mol. The lowest BCUT2D eigenvalue weighted by Gasteiger charge is -2.31. The van der Waals surface area contributed by atoms with Crippen LogP contribution < -0.4 is 14.8 Å². The van der Waals surface area contributed by atoms with Crippen molar-refractivity contribution in [2.45, 2.75) is 19.1 Å². The van der Waals surface area contributed by atoms with Crippen LogP contribution >= 0.6 is 0 Å². The molecule has 0 aliphatic carbocycles. The highest BCUT2D eigenvalue weighted by Crippen LogP contribution is 2.32. The van der Waals surface area contributed by atoms with Crippen LogP contribution in [0.5, 0.6) is 11.5 Å². The third kappa shape index (κ3) is 5.21. The molecule has 0 aromatic heterocycles. The molecule has 0 amide bonds. The lowest BCUT2D eigenvalue weighted by atomic mass is 9.96. The minimum absolute atomic E-state index is 0.197. The fourth-order valence-corrected chi connectivity index (χ4v) is 4.04. The molecule has 1 N–H and O–H groups in total. The third-order valence-corrected chi connectivity index (χ3v) is 5.59. The summed E-state index contributed by atoms with van der Waals surface area (Å²) in [5, 5.41) is 3.51.